The Morgan fingerprint density at radius 1 is 1.09 bits per heavy atom. The Morgan fingerprint density at radius 2 is 1.77 bits per heavy atom. The number of nitrogens with one attached hydrogen (secondary N) is 1. The molecule has 2 rings (SSSR count). The van der Waals surface area contributed by atoms with Gasteiger partial charge < -0.3 is 14.2 Å². The van der Waals surface area contributed by atoms with Crippen molar-refractivity contribution in [3.63, 3.8) is 0 Å². The van der Waals surface area contributed by atoms with E-state index in [1.54, 1.807) is 12.1 Å². The highest BCUT2D eigenvalue weighted by Gasteiger charge is 2.19. The average molecular weight is 304 g/mol. The standard InChI is InChI=1S/C15H16N2O5/c1-8(18)10-7-11(16-17-15(10)19)9-5-6-12(20-2)14(22-4)13(9)21-3/h5-7H,1-4H3,(H,17,19). The highest BCUT2D eigenvalue weighted by Crippen LogP contribution is 2.43. The number of aromatic nitrogens is 2. The van der Waals surface area contributed by atoms with Gasteiger partial charge in [0.15, 0.2) is 17.3 Å². The van der Waals surface area contributed by atoms with Crippen LogP contribution in [-0.4, -0.2) is 37.3 Å². The van der Waals surface area contributed by atoms with Crippen molar-refractivity contribution >= 4 is 5.78 Å². The van der Waals surface area contributed by atoms with Gasteiger partial charge in [-0.2, -0.15) is 5.10 Å². The number of rotatable bonds is 5. The van der Waals surface area contributed by atoms with Crippen molar-refractivity contribution in [2.45, 2.75) is 6.92 Å². The Balaban J connectivity index is 2.70. The molecule has 0 atom stereocenters. The van der Waals surface area contributed by atoms with Crippen LogP contribution in [-0.2, 0) is 0 Å². The summed E-state index contributed by atoms with van der Waals surface area (Å²) in [5, 5.41) is 6.28. The van der Waals surface area contributed by atoms with Crippen LogP contribution in [0.2, 0.25) is 0 Å². The zero-order valence-electron chi connectivity index (χ0n) is 12.7. The number of ether oxygens (including phenoxy) is 3. The predicted molar refractivity (Wildman–Crippen MR) is 80.0 cm³/mol. The molecule has 0 aliphatic rings. The number of carbonyl (C=O) groups is 1. The molecule has 0 spiro atoms. The first-order valence-electron chi connectivity index (χ1n) is 6.43. The Kier molecular flexibility index (Phi) is 4.45. The van der Waals surface area contributed by atoms with Gasteiger partial charge in [-0.25, -0.2) is 5.10 Å². The molecular formula is C15H16N2O5. The summed E-state index contributed by atoms with van der Waals surface area (Å²) in [5.74, 6) is 0.958. The minimum atomic E-state index is -0.532. The summed E-state index contributed by atoms with van der Waals surface area (Å²) < 4.78 is 15.9. The molecule has 0 unspecified atom stereocenters. The topological polar surface area (TPSA) is 90.5 Å². The van der Waals surface area contributed by atoms with Crippen LogP contribution in [0.25, 0.3) is 11.3 Å². The zero-order valence-corrected chi connectivity index (χ0v) is 12.7. The maximum absolute atomic E-state index is 11.6. The Labute approximate surface area is 126 Å². The minimum absolute atomic E-state index is 0.0295. The van der Waals surface area contributed by atoms with Gasteiger partial charge in [-0.15, -0.1) is 0 Å². The van der Waals surface area contributed by atoms with E-state index in [2.05, 4.69) is 10.2 Å². The Hall–Kier alpha value is -2.83. The molecule has 22 heavy (non-hydrogen) atoms. The van der Waals surface area contributed by atoms with E-state index in [0.29, 0.717) is 28.5 Å². The summed E-state index contributed by atoms with van der Waals surface area (Å²) in [7, 11) is 4.49. The first kappa shape index (κ1) is 15.6. The quantitative estimate of drug-likeness (QED) is 0.845. The van der Waals surface area contributed by atoms with Crippen LogP contribution in [0.15, 0.2) is 23.0 Å². The van der Waals surface area contributed by atoms with E-state index in [9.17, 15) is 9.59 Å². The number of benzene rings is 1. The number of aromatic amines is 1. The molecule has 7 nitrogen and oxygen atoms in total. The smallest absolute Gasteiger partial charge is 0.275 e. The van der Waals surface area contributed by atoms with Gasteiger partial charge in [-0.3, -0.25) is 9.59 Å². The second-order valence-corrected chi connectivity index (χ2v) is 4.43. The van der Waals surface area contributed by atoms with Gasteiger partial charge >= 0.3 is 0 Å². The third kappa shape index (κ3) is 2.65. The number of hydrogen-bond acceptors (Lipinski definition) is 6. The number of nitrogens with zero attached hydrogens (tertiary/aromatic N) is 1. The third-order valence-corrected chi connectivity index (χ3v) is 3.16. The fourth-order valence-electron chi connectivity index (χ4n) is 2.11. The second kappa shape index (κ2) is 6.30. The van der Waals surface area contributed by atoms with E-state index in [1.807, 2.05) is 0 Å². The number of methoxy groups -OCH3 is 3. The SMILES string of the molecule is COc1ccc(-c2cc(C(C)=O)c(=O)[nH]n2)c(OC)c1OC. The number of H-pyrrole nitrogens is 1. The summed E-state index contributed by atoms with van der Waals surface area (Å²) in [5.41, 5.74) is 0.457. The van der Waals surface area contributed by atoms with E-state index in [-0.39, 0.29) is 11.3 Å². The molecule has 0 aliphatic carbocycles. The molecule has 1 aromatic heterocycles. The largest absolute Gasteiger partial charge is 0.493 e. The number of carbonyl (C=O) groups excluding carboxylic acids is 1. The molecule has 0 fully saturated rings. The van der Waals surface area contributed by atoms with Gasteiger partial charge in [-0.05, 0) is 25.1 Å². The summed E-state index contributed by atoms with van der Waals surface area (Å²) >= 11 is 0. The number of Topliss-reactive ketones (excluding diaryl/α,β-unsaturated/α-hetero) is 1. The fourth-order valence-corrected chi connectivity index (χ4v) is 2.11. The fraction of sp³-hybridized carbons (Fsp3) is 0.267. The Morgan fingerprint density at radius 3 is 2.32 bits per heavy atom. The number of hydrogen-bond donors (Lipinski definition) is 1. The minimum Gasteiger partial charge on any atom is -0.493 e. The maximum atomic E-state index is 11.6. The van der Waals surface area contributed by atoms with Crippen molar-refractivity contribution in [3.05, 3.63) is 34.1 Å². The van der Waals surface area contributed by atoms with Crippen molar-refractivity contribution in [1.82, 2.24) is 10.2 Å². The van der Waals surface area contributed by atoms with Crippen molar-refractivity contribution in [1.29, 1.82) is 0 Å². The maximum Gasteiger partial charge on any atom is 0.275 e. The molecule has 0 bridgehead atoms. The lowest BCUT2D eigenvalue weighted by Gasteiger charge is -2.15. The molecule has 0 saturated carbocycles. The molecule has 0 amide bonds. The van der Waals surface area contributed by atoms with Gasteiger partial charge in [0.1, 0.15) is 0 Å². The third-order valence-electron chi connectivity index (χ3n) is 3.16. The Bertz CT molecular complexity index is 767. The zero-order chi connectivity index (χ0) is 16.3. The first-order chi connectivity index (χ1) is 10.5. The molecule has 0 aliphatic heterocycles. The lowest BCUT2D eigenvalue weighted by atomic mass is 10.1. The van der Waals surface area contributed by atoms with Crippen LogP contribution in [0.3, 0.4) is 0 Å². The van der Waals surface area contributed by atoms with E-state index >= 15 is 0 Å². The van der Waals surface area contributed by atoms with Gasteiger partial charge in [0.05, 0.1) is 32.6 Å². The summed E-state index contributed by atoms with van der Waals surface area (Å²) in [4.78, 5) is 23.1. The van der Waals surface area contributed by atoms with E-state index in [1.165, 1.54) is 34.3 Å². The van der Waals surface area contributed by atoms with Gasteiger partial charge in [-0.1, -0.05) is 0 Å². The summed E-state index contributed by atoms with van der Waals surface area (Å²) in [6.45, 7) is 1.32. The van der Waals surface area contributed by atoms with Gasteiger partial charge in [0, 0.05) is 5.56 Å². The van der Waals surface area contributed by atoms with Crippen molar-refractivity contribution in [3.8, 4) is 28.5 Å². The molecule has 116 valence electrons. The number of ketones is 1. The van der Waals surface area contributed by atoms with Crippen LogP contribution >= 0.6 is 0 Å². The van der Waals surface area contributed by atoms with Crippen LogP contribution in [0, 0.1) is 0 Å². The highest BCUT2D eigenvalue weighted by molar-refractivity contribution is 5.94. The van der Waals surface area contributed by atoms with Crippen LogP contribution in [0.5, 0.6) is 17.2 Å². The molecule has 1 aromatic carbocycles. The molecule has 2 aromatic rings. The van der Waals surface area contributed by atoms with Gasteiger partial charge in [0.2, 0.25) is 5.75 Å². The second-order valence-electron chi connectivity index (χ2n) is 4.43. The molecule has 0 radical (unpaired) electrons. The molecular weight excluding hydrogens is 288 g/mol. The lowest BCUT2D eigenvalue weighted by molar-refractivity contribution is 0.101. The van der Waals surface area contributed by atoms with Crippen LogP contribution < -0.4 is 19.8 Å². The molecule has 1 heterocycles. The van der Waals surface area contributed by atoms with E-state index < -0.39 is 5.56 Å². The normalized spacial score (nSPS) is 10.2. The molecule has 0 saturated heterocycles. The highest BCUT2D eigenvalue weighted by atomic mass is 16.5. The van der Waals surface area contributed by atoms with E-state index in [4.69, 9.17) is 14.2 Å². The van der Waals surface area contributed by atoms with Crippen molar-refractivity contribution in [2.75, 3.05) is 21.3 Å². The lowest BCUT2D eigenvalue weighted by Crippen LogP contribution is -2.17. The van der Waals surface area contributed by atoms with Crippen LogP contribution in [0.1, 0.15) is 17.3 Å². The van der Waals surface area contributed by atoms with Crippen molar-refractivity contribution < 1.29 is 19.0 Å². The summed E-state index contributed by atoms with van der Waals surface area (Å²) in [6.07, 6.45) is 0. The monoisotopic (exact) mass is 304 g/mol. The predicted octanol–water partition coefficient (Wildman–Crippen LogP) is 1.67. The first-order valence-corrected chi connectivity index (χ1v) is 6.43. The van der Waals surface area contributed by atoms with Crippen LogP contribution in [0.4, 0.5) is 0 Å². The summed E-state index contributed by atoms with van der Waals surface area (Å²) in [6, 6.07) is 4.83. The van der Waals surface area contributed by atoms with Gasteiger partial charge in [0.25, 0.3) is 5.56 Å². The van der Waals surface area contributed by atoms with Crippen molar-refractivity contribution in [2.24, 2.45) is 0 Å². The average Bonchev–Trinajstić information content (AvgIpc) is 2.53. The molecule has 7 heteroatoms. The molecule has 1 N–H and O–H groups in total. The van der Waals surface area contributed by atoms with E-state index in [0.717, 1.165) is 0 Å².